The number of carbonyl (C=O) groups is 2. The van der Waals surface area contributed by atoms with Crippen molar-refractivity contribution in [1.82, 2.24) is 10.2 Å². The van der Waals surface area contributed by atoms with Crippen molar-refractivity contribution >= 4 is 35.1 Å². The summed E-state index contributed by atoms with van der Waals surface area (Å²) in [5, 5.41) is 12.4. The normalized spacial score (nSPS) is 18.4. The van der Waals surface area contributed by atoms with Gasteiger partial charge >= 0.3 is 12.3 Å². The summed E-state index contributed by atoms with van der Waals surface area (Å²) in [7, 11) is 0. The fourth-order valence-electron chi connectivity index (χ4n) is 5.05. The lowest BCUT2D eigenvalue weighted by molar-refractivity contribution is -0.274. The molecule has 0 radical (unpaired) electrons. The Morgan fingerprint density at radius 2 is 1.65 bits per heavy atom. The van der Waals surface area contributed by atoms with Gasteiger partial charge in [0.15, 0.2) is 0 Å². The molecule has 4 rings (SSSR count). The first kappa shape index (κ1) is 29.7. The molecule has 0 bridgehead atoms. The quantitative estimate of drug-likeness (QED) is 0.270. The summed E-state index contributed by atoms with van der Waals surface area (Å²) in [6.45, 7) is 2.70. The Bertz CT molecular complexity index is 1330. The Labute approximate surface area is 239 Å². The number of aliphatic carboxylic acids is 1. The Morgan fingerprint density at radius 3 is 2.23 bits per heavy atom. The SMILES string of the molecule is CC(c1ccc(C(=O)NCCC(=O)O)cc1)N1C[C@H](c2cc(Cl)cc(Cl)c2)C[C@@H]1c1ccc(OC(F)(F)F)cc1. The summed E-state index contributed by atoms with van der Waals surface area (Å²) in [5.74, 6) is -1.58. The van der Waals surface area contributed by atoms with Crippen LogP contribution in [0.5, 0.6) is 5.75 Å². The van der Waals surface area contributed by atoms with Crippen LogP contribution in [-0.4, -0.2) is 41.3 Å². The standard InChI is InChI=1S/C29H27Cl2F3N2O4/c1-17(18-2-4-20(5-3-18)28(39)35-11-10-27(37)38)36-16-22(21-12-23(30)15-24(31)13-21)14-26(36)19-6-8-25(9-7-19)40-29(32,33)34/h2-9,12-13,15,17,22,26H,10-11,14,16H2,1H3,(H,35,39)(H,37,38)/t17?,22-,26-/m1/s1. The lowest BCUT2D eigenvalue weighted by Crippen LogP contribution is -2.28. The van der Waals surface area contributed by atoms with E-state index in [4.69, 9.17) is 28.3 Å². The van der Waals surface area contributed by atoms with Crippen LogP contribution in [0.3, 0.4) is 0 Å². The van der Waals surface area contributed by atoms with Gasteiger partial charge < -0.3 is 15.2 Å². The van der Waals surface area contributed by atoms with E-state index in [1.807, 2.05) is 31.2 Å². The number of nitrogens with zero attached hydrogens (tertiary/aromatic N) is 1. The van der Waals surface area contributed by atoms with E-state index >= 15 is 0 Å². The molecule has 6 nitrogen and oxygen atoms in total. The topological polar surface area (TPSA) is 78.9 Å². The smallest absolute Gasteiger partial charge is 0.481 e. The monoisotopic (exact) mass is 594 g/mol. The van der Waals surface area contributed by atoms with E-state index in [0.717, 1.165) is 16.7 Å². The van der Waals surface area contributed by atoms with Crippen LogP contribution < -0.4 is 10.1 Å². The average Bonchev–Trinajstić information content (AvgIpc) is 3.33. The second-order valence-corrected chi connectivity index (χ2v) is 10.5. The number of carboxylic acid groups (broad SMARTS) is 1. The van der Waals surface area contributed by atoms with Crippen LogP contribution in [0.4, 0.5) is 13.2 Å². The number of hydrogen-bond donors (Lipinski definition) is 2. The first-order valence-corrected chi connectivity index (χ1v) is 13.3. The molecule has 1 unspecified atom stereocenters. The third-order valence-corrected chi connectivity index (χ3v) is 7.41. The van der Waals surface area contributed by atoms with Gasteiger partial charge in [-0.2, -0.15) is 0 Å². The highest BCUT2D eigenvalue weighted by Gasteiger charge is 2.37. The van der Waals surface area contributed by atoms with Gasteiger partial charge in [0.05, 0.1) is 6.42 Å². The van der Waals surface area contributed by atoms with Crippen molar-refractivity contribution in [2.75, 3.05) is 13.1 Å². The molecular formula is C29H27Cl2F3N2O4. The molecule has 0 saturated carbocycles. The number of ether oxygens (including phenoxy) is 1. The minimum absolute atomic E-state index is 0.0312. The maximum Gasteiger partial charge on any atom is 0.573 e. The van der Waals surface area contributed by atoms with Crippen LogP contribution in [0.2, 0.25) is 10.0 Å². The van der Waals surface area contributed by atoms with Crippen LogP contribution in [0.25, 0.3) is 0 Å². The molecule has 1 heterocycles. The maximum absolute atomic E-state index is 12.7. The number of amides is 1. The maximum atomic E-state index is 12.7. The van der Waals surface area contributed by atoms with Gasteiger partial charge in [0, 0.05) is 40.8 Å². The molecule has 3 aromatic carbocycles. The highest BCUT2D eigenvalue weighted by Crippen LogP contribution is 2.46. The van der Waals surface area contributed by atoms with Crippen LogP contribution in [-0.2, 0) is 4.79 Å². The van der Waals surface area contributed by atoms with Crippen molar-refractivity contribution in [2.24, 2.45) is 0 Å². The lowest BCUT2D eigenvalue weighted by Gasteiger charge is -2.31. The van der Waals surface area contributed by atoms with E-state index in [-0.39, 0.29) is 42.6 Å². The molecule has 0 aromatic heterocycles. The van der Waals surface area contributed by atoms with Crippen LogP contribution >= 0.6 is 23.2 Å². The second-order valence-electron chi connectivity index (χ2n) is 9.66. The van der Waals surface area contributed by atoms with Crippen molar-refractivity contribution in [3.8, 4) is 5.75 Å². The number of carboxylic acids is 1. The Hall–Kier alpha value is -3.27. The molecule has 3 atom stereocenters. The summed E-state index contributed by atoms with van der Waals surface area (Å²) in [6.07, 6.45) is -4.25. The van der Waals surface area contributed by atoms with Gasteiger partial charge in [-0.05, 0) is 78.4 Å². The summed E-state index contributed by atoms with van der Waals surface area (Å²) in [4.78, 5) is 25.3. The van der Waals surface area contributed by atoms with Crippen molar-refractivity contribution < 1.29 is 32.6 Å². The Morgan fingerprint density at radius 1 is 1.02 bits per heavy atom. The zero-order chi connectivity index (χ0) is 29.0. The molecule has 40 heavy (non-hydrogen) atoms. The van der Waals surface area contributed by atoms with Crippen LogP contribution in [0.15, 0.2) is 66.7 Å². The molecule has 1 aliphatic heterocycles. The number of carbonyl (C=O) groups excluding carboxylic acids is 1. The van der Waals surface area contributed by atoms with E-state index in [9.17, 15) is 22.8 Å². The molecule has 11 heteroatoms. The fourth-order valence-corrected chi connectivity index (χ4v) is 5.59. The number of nitrogens with one attached hydrogen (secondary N) is 1. The minimum Gasteiger partial charge on any atom is -0.481 e. The number of benzene rings is 3. The number of rotatable bonds is 9. The molecule has 0 aliphatic carbocycles. The van der Waals surface area contributed by atoms with E-state index in [0.29, 0.717) is 28.6 Å². The van der Waals surface area contributed by atoms with Gasteiger partial charge in [-0.15, -0.1) is 13.2 Å². The van der Waals surface area contributed by atoms with E-state index < -0.39 is 12.3 Å². The molecule has 212 valence electrons. The van der Waals surface area contributed by atoms with Crippen molar-refractivity contribution in [2.45, 2.75) is 44.1 Å². The summed E-state index contributed by atoms with van der Waals surface area (Å²) >= 11 is 12.5. The third-order valence-electron chi connectivity index (χ3n) is 6.97. The highest BCUT2D eigenvalue weighted by molar-refractivity contribution is 6.34. The van der Waals surface area contributed by atoms with E-state index in [1.54, 1.807) is 30.3 Å². The summed E-state index contributed by atoms with van der Waals surface area (Å²) in [6, 6.07) is 18.1. The molecule has 3 aromatic rings. The molecule has 0 spiro atoms. The predicted octanol–water partition coefficient (Wildman–Crippen LogP) is 7.39. The van der Waals surface area contributed by atoms with Gasteiger partial charge in [-0.1, -0.05) is 47.5 Å². The number of hydrogen-bond acceptors (Lipinski definition) is 4. The van der Waals surface area contributed by atoms with Gasteiger partial charge in [0.1, 0.15) is 5.75 Å². The Balaban J connectivity index is 1.57. The zero-order valence-corrected chi connectivity index (χ0v) is 22.9. The van der Waals surface area contributed by atoms with Gasteiger partial charge in [0.2, 0.25) is 0 Å². The summed E-state index contributed by atoms with van der Waals surface area (Å²) < 4.78 is 42.1. The highest BCUT2D eigenvalue weighted by atomic mass is 35.5. The van der Waals surface area contributed by atoms with Crippen molar-refractivity contribution in [3.05, 3.63) is 99.0 Å². The van der Waals surface area contributed by atoms with Gasteiger partial charge in [-0.3, -0.25) is 14.5 Å². The van der Waals surface area contributed by atoms with E-state index in [1.165, 1.54) is 12.1 Å². The van der Waals surface area contributed by atoms with Crippen molar-refractivity contribution in [3.63, 3.8) is 0 Å². The molecule has 1 fully saturated rings. The molecule has 1 saturated heterocycles. The number of likely N-dealkylation sites (tertiary alicyclic amines) is 1. The third kappa shape index (κ3) is 7.68. The van der Waals surface area contributed by atoms with Crippen molar-refractivity contribution in [1.29, 1.82) is 0 Å². The predicted molar refractivity (Wildman–Crippen MR) is 146 cm³/mol. The minimum atomic E-state index is -4.77. The van der Waals surface area contributed by atoms with Crippen LogP contribution in [0.1, 0.15) is 64.8 Å². The molecular weight excluding hydrogens is 568 g/mol. The fraction of sp³-hybridized carbons (Fsp3) is 0.310. The first-order valence-electron chi connectivity index (χ1n) is 12.6. The zero-order valence-electron chi connectivity index (χ0n) is 21.4. The van der Waals surface area contributed by atoms with Gasteiger partial charge in [-0.25, -0.2) is 0 Å². The largest absolute Gasteiger partial charge is 0.573 e. The number of alkyl halides is 3. The average molecular weight is 595 g/mol. The molecule has 1 amide bonds. The number of halogens is 5. The lowest BCUT2D eigenvalue weighted by atomic mass is 9.94. The molecule has 1 aliphatic rings. The first-order chi connectivity index (χ1) is 18.9. The molecule has 2 N–H and O–H groups in total. The van der Waals surface area contributed by atoms with E-state index in [2.05, 4.69) is 15.0 Å². The van der Waals surface area contributed by atoms with Gasteiger partial charge in [0.25, 0.3) is 5.91 Å². The second kappa shape index (κ2) is 12.5. The Kier molecular flexibility index (Phi) is 9.28. The van der Waals surface area contributed by atoms with Crippen LogP contribution in [0, 0.1) is 0 Å². The summed E-state index contributed by atoms with van der Waals surface area (Å²) in [5.41, 5.74) is 3.16.